The Balaban J connectivity index is 2.21. The zero-order chi connectivity index (χ0) is 20.9. The summed E-state index contributed by atoms with van der Waals surface area (Å²) in [5.41, 5.74) is 0.874. The van der Waals surface area contributed by atoms with E-state index in [9.17, 15) is 9.59 Å². The zero-order valence-corrected chi connectivity index (χ0v) is 17.6. The van der Waals surface area contributed by atoms with Gasteiger partial charge in [0.2, 0.25) is 11.8 Å². The summed E-state index contributed by atoms with van der Waals surface area (Å²) >= 11 is 0. The Kier molecular flexibility index (Phi) is 6.49. The van der Waals surface area contributed by atoms with Crippen molar-refractivity contribution < 1.29 is 14.3 Å². The van der Waals surface area contributed by atoms with Crippen molar-refractivity contribution in [2.75, 3.05) is 17.2 Å². The summed E-state index contributed by atoms with van der Waals surface area (Å²) in [7, 11) is 0. The molecule has 0 saturated carbocycles. The van der Waals surface area contributed by atoms with E-state index in [0.29, 0.717) is 18.0 Å². The maximum absolute atomic E-state index is 13.0. The monoisotopic (exact) mass is 382 g/mol. The molecule has 150 valence electrons. The molecule has 2 aromatic carbocycles. The van der Waals surface area contributed by atoms with E-state index in [4.69, 9.17) is 4.74 Å². The molecular formula is C23H30N2O3. The van der Waals surface area contributed by atoms with Crippen LogP contribution in [0.15, 0.2) is 48.5 Å². The molecule has 0 radical (unpaired) electrons. The Bertz CT molecular complexity index is 851. The summed E-state index contributed by atoms with van der Waals surface area (Å²) in [5, 5.41) is 5.76. The SMILES string of the molecule is CCOc1ccccc1NC(=O)C(C)(C)C(=O)Nc1ccccc1C(C)(C)C. The molecule has 0 spiro atoms. The number of ether oxygens (including phenoxy) is 1. The average molecular weight is 383 g/mol. The van der Waals surface area contributed by atoms with Crippen molar-refractivity contribution in [2.24, 2.45) is 5.41 Å². The molecule has 0 saturated heterocycles. The fourth-order valence-electron chi connectivity index (χ4n) is 2.76. The van der Waals surface area contributed by atoms with E-state index in [0.717, 1.165) is 11.3 Å². The summed E-state index contributed by atoms with van der Waals surface area (Å²) in [6, 6.07) is 14.8. The number of rotatable bonds is 6. The highest BCUT2D eigenvalue weighted by molar-refractivity contribution is 6.14. The molecule has 2 aromatic rings. The molecule has 0 unspecified atom stereocenters. The Hall–Kier alpha value is -2.82. The minimum Gasteiger partial charge on any atom is -0.492 e. The summed E-state index contributed by atoms with van der Waals surface area (Å²) in [5.74, 6) is -0.186. The number of para-hydroxylation sites is 3. The van der Waals surface area contributed by atoms with Gasteiger partial charge in [0.15, 0.2) is 0 Å². The molecule has 0 aliphatic carbocycles. The van der Waals surface area contributed by atoms with E-state index in [1.165, 1.54) is 0 Å². The normalized spacial score (nSPS) is 11.6. The first-order valence-corrected chi connectivity index (χ1v) is 9.51. The van der Waals surface area contributed by atoms with Crippen LogP contribution in [-0.4, -0.2) is 18.4 Å². The van der Waals surface area contributed by atoms with Crippen LogP contribution >= 0.6 is 0 Å². The van der Waals surface area contributed by atoms with Gasteiger partial charge in [0.1, 0.15) is 11.2 Å². The van der Waals surface area contributed by atoms with E-state index in [-0.39, 0.29) is 11.3 Å². The minimum atomic E-state index is -1.27. The summed E-state index contributed by atoms with van der Waals surface area (Å²) in [6.45, 7) is 11.8. The average Bonchev–Trinajstić information content (AvgIpc) is 2.63. The molecule has 0 bridgehead atoms. The largest absolute Gasteiger partial charge is 0.492 e. The van der Waals surface area contributed by atoms with Gasteiger partial charge in [0.05, 0.1) is 12.3 Å². The number of carbonyl (C=O) groups is 2. The summed E-state index contributed by atoms with van der Waals surface area (Å²) < 4.78 is 5.54. The summed E-state index contributed by atoms with van der Waals surface area (Å²) in [6.07, 6.45) is 0. The van der Waals surface area contributed by atoms with Crippen molar-refractivity contribution in [1.29, 1.82) is 0 Å². The van der Waals surface area contributed by atoms with Crippen molar-refractivity contribution in [2.45, 2.75) is 47.0 Å². The van der Waals surface area contributed by atoms with Crippen molar-refractivity contribution in [3.8, 4) is 5.75 Å². The maximum Gasteiger partial charge on any atom is 0.239 e. The lowest BCUT2D eigenvalue weighted by atomic mass is 9.85. The van der Waals surface area contributed by atoms with Gasteiger partial charge in [-0.05, 0) is 49.9 Å². The van der Waals surface area contributed by atoms with Gasteiger partial charge >= 0.3 is 0 Å². The predicted octanol–water partition coefficient (Wildman–Crippen LogP) is 4.99. The summed E-state index contributed by atoms with van der Waals surface area (Å²) in [4.78, 5) is 25.8. The predicted molar refractivity (Wildman–Crippen MR) is 114 cm³/mol. The number of nitrogens with one attached hydrogen (secondary N) is 2. The third-order valence-electron chi connectivity index (χ3n) is 4.55. The molecule has 0 aliphatic heterocycles. The quantitative estimate of drug-likeness (QED) is 0.692. The molecule has 5 nitrogen and oxygen atoms in total. The Morgan fingerprint density at radius 3 is 1.89 bits per heavy atom. The minimum absolute atomic E-state index is 0.132. The second-order valence-corrected chi connectivity index (χ2v) is 8.26. The molecular weight excluding hydrogens is 352 g/mol. The van der Waals surface area contributed by atoms with Crippen LogP contribution in [0.1, 0.15) is 47.1 Å². The number of carbonyl (C=O) groups excluding carboxylic acids is 2. The smallest absolute Gasteiger partial charge is 0.239 e. The fourth-order valence-corrected chi connectivity index (χ4v) is 2.76. The lowest BCUT2D eigenvalue weighted by Crippen LogP contribution is -2.42. The second kappa shape index (κ2) is 8.46. The van der Waals surface area contributed by atoms with Gasteiger partial charge in [-0.3, -0.25) is 9.59 Å². The highest BCUT2D eigenvalue weighted by atomic mass is 16.5. The topological polar surface area (TPSA) is 67.4 Å². The number of hydrogen-bond acceptors (Lipinski definition) is 3. The molecule has 0 aromatic heterocycles. The van der Waals surface area contributed by atoms with Crippen molar-refractivity contribution in [3.63, 3.8) is 0 Å². The zero-order valence-electron chi connectivity index (χ0n) is 17.6. The van der Waals surface area contributed by atoms with E-state index in [1.807, 2.05) is 43.3 Å². The molecule has 0 atom stereocenters. The standard InChI is InChI=1S/C23H30N2O3/c1-7-28-19-15-11-10-14-18(19)25-21(27)23(5,6)20(26)24-17-13-9-8-12-16(17)22(2,3)4/h8-15H,7H2,1-6H3,(H,24,26)(H,25,27). The first-order valence-electron chi connectivity index (χ1n) is 9.51. The molecule has 2 amide bonds. The van der Waals surface area contributed by atoms with Crippen molar-refractivity contribution in [3.05, 3.63) is 54.1 Å². The third kappa shape index (κ3) is 4.91. The Morgan fingerprint density at radius 2 is 1.32 bits per heavy atom. The van der Waals surface area contributed by atoms with E-state index in [2.05, 4.69) is 31.4 Å². The third-order valence-corrected chi connectivity index (χ3v) is 4.55. The van der Waals surface area contributed by atoms with Crippen molar-refractivity contribution >= 4 is 23.2 Å². The van der Waals surface area contributed by atoms with Gasteiger partial charge in [-0.2, -0.15) is 0 Å². The Morgan fingerprint density at radius 1 is 0.821 bits per heavy atom. The number of amides is 2. The maximum atomic E-state index is 13.0. The number of hydrogen-bond donors (Lipinski definition) is 2. The second-order valence-electron chi connectivity index (χ2n) is 8.26. The highest BCUT2D eigenvalue weighted by Gasteiger charge is 2.37. The van der Waals surface area contributed by atoms with Crippen LogP contribution in [0.4, 0.5) is 11.4 Å². The van der Waals surface area contributed by atoms with E-state index < -0.39 is 11.3 Å². The van der Waals surface area contributed by atoms with Gasteiger partial charge in [-0.15, -0.1) is 0 Å². The molecule has 5 heteroatoms. The van der Waals surface area contributed by atoms with Gasteiger partial charge in [-0.25, -0.2) is 0 Å². The molecule has 28 heavy (non-hydrogen) atoms. The Labute approximate surface area is 167 Å². The molecule has 2 N–H and O–H groups in total. The van der Waals surface area contributed by atoms with Crippen LogP contribution in [0.2, 0.25) is 0 Å². The van der Waals surface area contributed by atoms with Gasteiger partial charge in [0.25, 0.3) is 0 Å². The first-order chi connectivity index (χ1) is 13.1. The van der Waals surface area contributed by atoms with Crippen molar-refractivity contribution in [1.82, 2.24) is 0 Å². The molecule has 0 heterocycles. The lowest BCUT2D eigenvalue weighted by Gasteiger charge is -2.27. The van der Waals surface area contributed by atoms with Crippen LogP contribution < -0.4 is 15.4 Å². The van der Waals surface area contributed by atoms with Gasteiger partial charge in [0, 0.05) is 5.69 Å². The number of benzene rings is 2. The van der Waals surface area contributed by atoms with Crippen LogP contribution in [0.3, 0.4) is 0 Å². The fraction of sp³-hybridized carbons (Fsp3) is 0.391. The van der Waals surface area contributed by atoms with E-state index >= 15 is 0 Å². The van der Waals surface area contributed by atoms with Crippen LogP contribution in [0.5, 0.6) is 5.75 Å². The molecule has 2 rings (SSSR count). The van der Waals surface area contributed by atoms with E-state index in [1.54, 1.807) is 26.0 Å². The highest BCUT2D eigenvalue weighted by Crippen LogP contribution is 2.31. The van der Waals surface area contributed by atoms with Crippen LogP contribution in [0.25, 0.3) is 0 Å². The van der Waals surface area contributed by atoms with Crippen LogP contribution in [0, 0.1) is 5.41 Å². The van der Waals surface area contributed by atoms with Gasteiger partial charge < -0.3 is 15.4 Å². The van der Waals surface area contributed by atoms with Gasteiger partial charge in [-0.1, -0.05) is 51.1 Å². The van der Waals surface area contributed by atoms with Crippen LogP contribution in [-0.2, 0) is 15.0 Å². The molecule has 0 aliphatic rings. The molecule has 0 fully saturated rings. The lowest BCUT2D eigenvalue weighted by molar-refractivity contribution is -0.135. The number of anilines is 2. The first kappa shape index (κ1) is 21.5.